The number of rotatable bonds is 6. The van der Waals surface area contributed by atoms with E-state index < -0.39 is 10.0 Å². The molecule has 1 fully saturated rings. The summed E-state index contributed by atoms with van der Waals surface area (Å²) in [5, 5.41) is 3.14. The van der Waals surface area contributed by atoms with Crippen LogP contribution in [-0.2, 0) is 14.8 Å². The lowest BCUT2D eigenvalue weighted by molar-refractivity contribution is -0.00923. The van der Waals surface area contributed by atoms with Crippen LogP contribution < -0.4 is 10.0 Å². The zero-order valence-electron chi connectivity index (χ0n) is 14.6. The van der Waals surface area contributed by atoms with Crippen molar-refractivity contribution in [2.24, 2.45) is 0 Å². The van der Waals surface area contributed by atoms with E-state index in [-0.39, 0.29) is 22.2 Å². The number of benzene rings is 1. The summed E-state index contributed by atoms with van der Waals surface area (Å²) in [7, 11) is -3.48. The number of hydrogen-bond acceptors (Lipinski definition) is 5. The summed E-state index contributed by atoms with van der Waals surface area (Å²) in [6.45, 7) is 7.63. The first kappa shape index (κ1) is 20.0. The predicted octanol–water partition coefficient (Wildman–Crippen LogP) is 1.55. The number of halogens is 1. The van der Waals surface area contributed by atoms with Crippen molar-refractivity contribution in [3.8, 4) is 0 Å². The first-order valence-electron chi connectivity index (χ1n) is 7.97. The zero-order chi connectivity index (χ0) is 18.7. The minimum absolute atomic E-state index is 0.184. The van der Waals surface area contributed by atoms with E-state index in [1.807, 2.05) is 0 Å². The summed E-state index contributed by atoms with van der Waals surface area (Å²) >= 11 is 5.98. The SMILES string of the molecule is CC(C)(CNC(=O)c1ccc(Cl)c(NS(C)(=O)=O)c1)N1CCOCC1. The lowest BCUT2D eigenvalue weighted by Gasteiger charge is -2.40. The molecule has 1 saturated heterocycles. The highest BCUT2D eigenvalue weighted by Crippen LogP contribution is 2.24. The molecule has 0 bridgehead atoms. The van der Waals surface area contributed by atoms with Crippen LogP contribution in [0.3, 0.4) is 0 Å². The summed E-state index contributed by atoms with van der Waals surface area (Å²) in [5.41, 5.74) is 0.317. The lowest BCUT2D eigenvalue weighted by Crippen LogP contribution is -2.55. The number of carbonyl (C=O) groups excluding carboxylic acids is 1. The Hall–Kier alpha value is -1.35. The number of morpholine rings is 1. The molecule has 1 aliphatic rings. The van der Waals surface area contributed by atoms with Gasteiger partial charge in [-0.05, 0) is 32.0 Å². The van der Waals surface area contributed by atoms with Crippen LogP contribution >= 0.6 is 11.6 Å². The molecule has 0 radical (unpaired) electrons. The summed E-state index contributed by atoms with van der Waals surface area (Å²) in [6.07, 6.45) is 1.03. The van der Waals surface area contributed by atoms with Crippen molar-refractivity contribution < 1.29 is 17.9 Å². The topological polar surface area (TPSA) is 87.7 Å². The largest absolute Gasteiger partial charge is 0.379 e. The Balaban J connectivity index is 2.04. The Morgan fingerprint density at radius 2 is 1.96 bits per heavy atom. The van der Waals surface area contributed by atoms with Gasteiger partial charge in [0, 0.05) is 30.7 Å². The highest BCUT2D eigenvalue weighted by atomic mass is 35.5. The third-order valence-electron chi connectivity index (χ3n) is 4.07. The smallest absolute Gasteiger partial charge is 0.251 e. The van der Waals surface area contributed by atoms with E-state index in [1.165, 1.54) is 12.1 Å². The van der Waals surface area contributed by atoms with Gasteiger partial charge in [-0.25, -0.2) is 8.42 Å². The molecule has 0 aliphatic carbocycles. The Morgan fingerprint density at radius 1 is 1.32 bits per heavy atom. The minimum atomic E-state index is -3.48. The number of nitrogens with zero attached hydrogens (tertiary/aromatic N) is 1. The third-order valence-corrected chi connectivity index (χ3v) is 4.99. The summed E-state index contributed by atoms with van der Waals surface area (Å²) in [6, 6.07) is 4.49. The predicted molar refractivity (Wildman–Crippen MR) is 98.7 cm³/mol. The maximum atomic E-state index is 12.4. The Bertz CT molecular complexity index is 731. The van der Waals surface area contributed by atoms with E-state index in [9.17, 15) is 13.2 Å². The number of carbonyl (C=O) groups is 1. The molecule has 0 aromatic heterocycles. The molecule has 1 heterocycles. The molecule has 0 unspecified atom stereocenters. The van der Waals surface area contributed by atoms with E-state index >= 15 is 0 Å². The molecular weight excluding hydrogens is 366 g/mol. The molecule has 0 atom stereocenters. The highest BCUT2D eigenvalue weighted by Gasteiger charge is 2.28. The molecule has 2 N–H and O–H groups in total. The quantitative estimate of drug-likeness (QED) is 0.770. The van der Waals surface area contributed by atoms with Crippen LogP contribution in [0, 0.1) is 0 Å². The van der Waals surface area contributed by atoms with Crippen molar-refractivity contribution >= 4 is 33.2 Å². The van der Waals surface area contributed by atoms with Gasteiger partial charge in [0.25, 0.3) is 5.91 Å². The van der Waals surface area contributed by atoms with Crippen LogP contribution in [0.1, 0.15) is 24.2 Å². The fourth-order valence-electron chi connectivity index (χ4n) is 2.62. The number of sulfonamides is 1. The number of amides is 1. The van der Waals surface area contributed by atoms with E-state index in [0.29, 0.717) is 25.3 Å². The van der Waals surface area contributed by atoms with Crippen LogP contribution in [0.25, 0.3) is 0 Å². The van der Waals surface area contributed by atoms with Gasteiger partial charge >= 0.3 is 0 Å². The Kier molecular flexibility index (Phi) is 6.31. The fourth-order valence-corrected chi connectivity index (χ4v) is 3.41. The second kappa shape index (κ2) is 7.90. The van der Waals surface area contributed by atoms with Gasteiger partial charge in [0.1, 0.15) is 0 Å². The van der Waals surface area contributed by atoms with Crippen LogP contribution in [0.15, 0.2) is 18.2 Å². The Morgan fingerprint density at radius 3 is 2.56 bits per heavy atom. The van der Waals surface area contributed by atoms with Gasteiger partial charge in [-0.2, -0.15) is 0 Å². The lowest BCUT2D eigenvalue weighted by atomic mass is 10.0. The van der Waals surface area contributed by atoms with Crippen molar-refractivity contribution in [3.05, 3.63) is 28.8 Å². The number of anilines is 1. The molecule has 1 aromatic carbocycles. The van der Waals surface area contributed by atoms with Crippen LogP contribution in [0.5, 0.6) is 0 Å². The van der Waals surface area contributed by atoms with E-state index in [1.54, 1.807) is 6.07 Å². The van der Waals surface area contributed by atoms with Gasteiger partial charge in [0.2, 0.25) is 10.0 Å². The van der Waals surface area contributed by atoms with Crippen molar-refractivity contribution in [2.45, 2.75) is 19.4 Å². The number of ether oxygens (including phenoxy) is 1. The van der Waals surface area contributed by atoms with Gasteiger partial charge in [0.15, 0.2) is 0 Å². The first-order chi connectivity index (χ1) is 11.6. The molecule has 9 heteroatoms. The number of nitrogens with one attached hydrogen (secondary N) is 2. The van der Waals surface area contributed by atoms with Gasteiger partial charge in [-0.1, -0.05) is 11.6 Å². The average molecular weight is 390 g/mol. The summed E-state index contributed by atoms with van der Waals surface area (Å²) in [4.78, 5) is 14.7. The molecule has 0 spiro atoms. The Labute approximate surface area is 153 Å². The van der Waals surface area contributed by atoms with Crippen molar-refractivity contribution in [1.82, 2.24) is 10.2 Å². The third kappa shape index (κ3) is 5.85. The maximum absolute atomic E-state index is 12.4. The molecule has 1 aliphatic heterocycles. The van der Waals surface area contributed by atoms with Crippen molar-refractivity contribution in [2.75, 3.05) is 43.8 Å². The normalized spacial score (nSPS) is 16.5. The molecular formula is C16H24ClN3O4S. The molecule has 0 saturated carbocycles. The second-order valence-corrected chi connectivity index (χ2v) is 8.82. The van der Waals surface area contributed by atoms with E-state index in [0.717, 1.165) is 19.3 Å². The van der Waals surface area contributed by atoms with Crippen LogP contribution in [0.4, 0.5) is 5.69 Å². The maximum Gasteiger partial charge on any atom is 0.251 e. The average Bonchev–Trinajstić information content (AvgIpc) is 2.54. The van der Waals surface area contributed by atoms with Crippen molar-refractivity contribution in [3.63, 3.8) is 0 Å². The number of hydrogen-bond donors (Lipinski definition) is 2. The van der Waals surface area contributed by atoms with Crippen molar-refractivity contribution in [1.29, 1.82) is 0 Å². The van der Waals surface area contributed by atoms with E-state index in [4.69, 9.17) is 16.3 Å². The molecule has 140 valence electrons. The standard InChI is InChI=1S/C16H24ClN3O4S/c1-16(2,20-6-8-24-9-7-20)11-18-15(21)12-4-5-13(17)14(10-12)19-25(3,22)23/h4-5,10,19H,6-9,11H2,1-3H3,(H,18,21). The van der Waals surface area contributed by atoms with Gasteiger partial charge in [-0.3, -0.25) is 14.4 Å². The highest BCUT2D eigenvalue weighted by molar-refractivity contribution is 7.92. The monoisotopic (exact) mass is 389 g/mol. The zero-order valence-corrected chi connectivity index (χ0v) is 16.2. The minimum Gasteiger partial charge on any atom is -0.379 e. The van der Waals surface area contributed by atoms with Gasteiger partial charge < -0.3 is 10.1 Å². The molecule has 2 rings (SSSR count). The molecule has 7 nitrogen and oxygen atoms in total. The molecule has 1 aromatic rings. The van der Waals surface area contributed by atoms with Gasteiger partial charge in [0.05, 0.1) is 30.2 Å². The second-order valence-electron chi connectivity index (χ2n) is 6.66. The molecule has 25 heavy (non-hydrogen) atoms. The summed E-state index contributed by atoms with van der Waals surface area (Å²) in [5.74, 6) is -0.283. The van der Waals surface area contributed by atoms with Gasteiger partial charge in [-0.15, -0.1) is 0 Å². The van der Waals surface area contributed by atoms with Crippen LogP contribution in [0.2, 0.25) is 5.02 Å². The summed E-state index contributed by atoms with van der Waals surface area (Å²) < 4.78 is 30.4. The fraction of sp³-hybridized carbons (Fsp3) is 0.562. The van der Waals surface area contributed by atoms with Crippen LogP contribution in [-0.4, -0.2) is 63.9 Å². The first-order valence-corrected chi connectivity index (χ1v) is 10.2. The van der Waals surface area contributed by atoms with E-state index in [2.05, 4.69) is 28.8 Å². The molecule has 1 amide bonds.